The zero-order valence-electron chi connectivity index (χ0n) is 13.4. The number of imidazole rings is 1. The molecule has 0 saturated heterocycles. The Kier molecular flexibility index (Phi) is 7.12. The van der Waals surface area contributed by atoms with E-state index in [1.165, 1.54) is 4.57 Å². The number of benzene rings is 2. The average molecular weight is 497 g/mol. The molecule has 0 amide bonds. The molecule has 26 heavy (non-hydrogen) atoms. The Bertz CT molecular complexity index is 1030. The molecule has 0 saturated carbocycles. The zero-order chi connectivity index (χ0) is 18.1. The molecule has 0 radical (unpaired) electrons. The second-order valence-electron chi connectivity index (χ2n) is 5.32. The first-order valence-electron chi connectivity index (χ1n) is 7.25. The first-order chi connectivity index (χ1) is 11.9. The van der Waals surface area contributed by atoms with Gasteiger partial charge in [-0.3, -0.25) is 0 Å². The quantitative estimate of drug-likeness (QED) is 0.457. The number of nitrogens with one attached hydrogen (secondary N) is 3. The molecule has 10 heteroatoms. The van der Waals surface area contributed by atoms with E-state index in [0.717, 1.165) is 22.3 Å². The summed E-state index contributed by atoms with van der Waals surface area (Å²) in [5, 5.41) is 7.12. The second kappa shape index (κ2) is 8.73. The molecule has 0 spiro atoms. The van der Waals surface area contributed by atoms with Gasteiger partial charge in [-0.15, -0.1) is 12.4 Å². The molecule has 3 aromatic rings. The summed E-state index contributed by atoms with van der Waals surface area (Å²) in [5.74, 6) is 0. The van der Waals surface area contributed by atoms with Crippen LogP contribution in [-0.4, -0.2) is 21.7 Å². The summed E-state index contributed by atoms with van der Waals surface area (Å²) in [4.78, 5) is 15.0. The molecule has 2 aromatic carbocycles. The topological polar surface area (TPSA) is 61.9 Å². The van der Waals surface area contributed by atoms with E-state index in [-0.39, 0.29) is 23.2 Å². The predicted octanol–water partition coefficient (Wildman–Crippen LogP) is 4.79. The third-order valence-corrected chi connectivity index (χ3v) is 5.25. The molecule has 0 aliphatic heterocycles. The normalized spacial score (nSPS) is 10.6. The number of hydrogen-bond acceptors (Lipinski definition) is 3. The summed E-state index contributed by atoms with van der Waals surface area (Å²) in [6.45, 7) is 0.754. The molecule has 1 aromatic heterocycles. The van der Waals surface area contributed by atoms with Gasteiger partial charge in [0.2, 0.25) is 0 Å². The van der Waals surface area contributed by atoms with Crippen LogP contribution in [0.2, 0.25) is 10.0 Å². The highest BCUT2D eigenvalue weighted by Gasteiger charge is 2.14. The smallest absolute Gasteiger partial charge is 0.331 e. The fourth-order valence-electron chi connectivity index (χ4n) is 2.45. The Labute approximate surface area is 179 Å². The third-order valence-electron chi connectivity index (χ3n) is 3.58. The van der Waals surface area contributed by atoms with Crippen LogP contribution in [0.25, 0.3) is 11.0 Å². The Morgan fingerprint density at radius 1 is 1.27 bits per heavy atom. The lowest BCUT2D eigenvalue weighted by Gasteiger charge is -2.12. The van der Waals surface area contributed by atoms with Crippen LogP contribution in [0.3, 0.4) is 0 Å². The Morgan fingerprint density at radius 2 is 1.96 bits per heavy atom. The van der Waals surface area contributed by atoms with Gasteiger partial charge in [-0.2, -0.15) is 0 Å². The molecule has 5 nitrogen and oxygen atoms in total. The minimum absolute atomic E-state index is 0. The van der Waals surface area contributed by atoms with Gasteiger partial charge in [-0.1, -0.05) is 29.3 Å². The molecule has 0 fully saturated rings. The van der Waals surface area contributed by atoms with Crippen LogP contribution >= 0.6 is 63.8 Å². The number of hydrogen-bond donors (Lipinski definition) is 3. The van der Waals surface area contributed by atoms with Crippen LogP contribution in [0.5, 0.6) is 0 Å². The molecular formula is C16H14BrCl3N4OS. The fraction of sp³-hybridized carbons (Fsp3) is 0.125. The van der Waals surface area contributed by atoms with Crippen molar-refractivity contribution >= 4 is 85.6 Å². The number of aromatic amines is 1. The van der Waals surface area contributed by atoms with Crippen molar-refractivity contribution in [1.82, 2.24) is 14.9 Å². The van der Waals surface area contributed by atoms with E-state index < -0.39 is 0 Å². The van der Waals surface area contributed by atoms with Crippen molar-refractivity contribution < 1.29 is 0 Å². The lowest BCUT2D eigenvalue weighted by atomic mass is 10.2. The predicted molar refractivity (Wildman–Crippen MR) is 118 cm³/mol. The molecule has 138 valence electrons. The first kappa shape index (κ1) is 21.2. The van der Waals surface area contributed by atoms with Crippen molar-refractivity contribution in [3.8, 4) is 0 Å². The molecule has 1 heterocycles. The van der Waals surface area contributed by atoms with E-state index in [1.54, 1.807) is 12.1 Å². The summed E-state index contributed by atoms with van der Waals surface area (Å²) in [7, 11) is 1.88. The highest BCUT2D eigenvalue weighted by atomic mass is 79.9. The standard InChI is InChI=1S/C16H13BrCl2N4OS.ClH/c1-20-7-8-2-3-12(9(17)4-8)22-16(25)23-14-6-11(19)10(18)5-13(14)21-15(23)24;/h2-6,20H,7H2,1H3,(H,21,24)(H,22,25);1H. The van der Waals surface area contributed by atoms with Crippen LogP contribution in [-0.2, 0) is 6.54 Å². The Balaban J connectivity index is 0.00000243. The number of halogens is 4. The summed E-state index contributed by atoms with van der Waals surface area (Å²) >= 11 is 21.0. The van der Waals surface area contributed by atoms with Crippen LogP contribution in [0.4, 0.5) is 5.69 Å². The maximum Gasteiger partial charge on any atom is 0.332 e. The van der Waals surface area contributed by atoms with Gasteiger partial charge in [0.05, 0.1) is 26.8 Å². The molecule has 0 bridgehead atoms. The fourth-order valence-corrected chi connectivity index (χ4v) is 3.59. The summed E-state index contributed by atoms with van der Waals surface area (Å²) in [6, 6.07) is 9.06. The average Bonchev–Trinajstić information content (AvgIpc) is 2.86. The molecule has 3 rings (SSSR count). The van der Waals surface area contributed by atoms with E-state index in [4.69, 9.17) is 35.4 Å². The van der Waals surface area contributed by atoms with E-state index in [0.29, 0.717) is 21.1 Å². The summed E-state index contributed by atoms with van der Waals surface area (Å²) < 4.78 is 2.19. The van der Waals surface area contributed by atoms with Gasteiger partial charge in [-0.05, 0) is 65.0 Å². The number of aromatic nitrogens is 2. The maximum absolute atomic E-state index is 12.3. The van der Waals surface area contributed by atoms with Crippen molar-refractivity contribution in [2.75, 3.05) is 12.4 Å². The van der Waals surface area contributed by atoms with Crippen LogP contribution < -0.4 is 16.3 Å². The molecule has 0 aliphatic rings. The van der Waals surface area contributed by atoms with Crippen molar-refractivity contribution in [3.63, 3.8) is 0 Å². The van der Waals surface area contributed by atoms with Gasteiger partial charge in [0.15, 0.2) is 5.11 Å². The Morgan fingerprint density at radius 3 is 2.62 bits per heavy atom. The molecule has 3 N–H and O–H groups in total. The van der Waals surface area contributed by atoms with E-state index in [2.05, 4.69) is 31.5 Å². The maximum atomic E-state index is 12.3. The van der Waals surface area contributed by atoms with Crippen molar-refractivity contribution in [3.05, 3.63) is 60.9 Å². The number of fused-ring (bicyclic) bond motifs is 1. The monoisotopic (exact) mass is 494 g/mol. The molecule has 0 unspecified atom stereocenters. The zero-order valence-corrected chi connectivity index (χ0v) is 18.1. The number of anilines is 1. The van der Waals surface area contributed by atoms with Crippen molar-refractivity contribution in [2.24, 2.45) is 0 Å². The van der Waals surface area contributed by atoms with Gasteiger partial charge < -0.3 is 15.6 Å². The van der Waals surface area contributed by atoms with Gasteiger partial charge >= 0.3 is 5.69 Å². The minimum Gasteiger partial charge on any atom is -0.331 e. The SMILES string of the molecule is CNCc1ccc(NC(=S)n2c(=O)[nH]c3cc(Cl)c(Cl)cc32)c(Br)c1.Cl. The van der Waals surface area contributed by atoms with Gasteiger partial charge in [0, 0.05) is 11.0 Å². The van der Waals surface area contributed by atoms with Crippen LogP contribution in [0.1, 0.15) is 5.56 Å². The molecular weight excluding hydrogens is 483 g/mol. The highest BCUT2D eigenvalue weighted by molar-refractivity contribution is 9.10. The van der Waals surface area contributed by atoms with Gasteiger partial charge in [0.25, 0.3) is 0 Å². The van der Waals surface area contributed by atoms with Crippen LogP contribution in [0, 0.1) is 0 Å². The molecule has 0 aliphatic carbocycles. The van der Waals surface area contributed by atoms with Gasteiger partial charge in [-0.25, -0.2) is 9.36 Å². The van der Waals surface area contributed by atoms with E-state index in [1.807, 2.05) is 25.2 Å². The Hall–Kier alpha value is -1.09. The second-order valence-corrected chi connectivity index (χ2v) is 7.38. The highest BCUT2D eigenvalue weighted by Crippen LogP contribution is 2.27. The van der Waals surface area contributed by atoms with Gasteiger partial charge in [0.1, 0.15) is 0 Å². The molecule has 0 atom stereocenters. The summed E-state index contributed by atoms with van der Waals surface area (Å²) in [6.07, 6.45) is 0. The van der Waals surface area contributed by atoms with Crippen molar-refractivity contribution in [2.45, 2.75) is 6.54 Å². The van der Waals surface area contributed by atoms with E-state index >= 15 is 0 Å². The third kappa shape index (κ3) is 4.24. The number of thiocarbonyl (C=S) groups is 1. The lowest BCUT2D eigenvalue weighted by molar-refractivity contribution is 0.817. The number of nitrogens with zero attached hydrogens (tertiary/aromatic N) is 1. The van der Waals surface area contributed by atoms with Crippen molar-refractivity contribution in [1.29, 1.82) is 0 Å². The lowest BCUT2D eigenvalue weighted by Crippen LogP contribution is -2.29. The minimum atomic E-state index is -0.367. The largest absolute Gasteiger partial charge is 0.332 e. The number of H-pyrrole nitrogens is 1. The number of rotatable bonds is 3. The van der Waals surface area contributed by atoms with E-state index in [9.17, 15) is 4.79 Å². The first-order valence-corrected chi connectivity index (χ1v) is 9.20. The summed E-state index contributed by atoms with van der Waals surface area (Å²) in [5.41, 5.74) is 2.63. The van der Waals surface area contributed by atoms with Crippen LogP contribution in [0.15, 0.2) is 39.6 Å².